The van der Waals surface area contributed by atoms with Gasteiger partial charge in [-0.25, -0.2) is 14.6 Å². The molecule has 11 heteroatoms. The van der Waals surface area contributed by atoms with Gasteiger partial charge in [0.2, 0.25) is 0 Å². The zero-order chi connectivity index (χ0) is 22.9. The smallest absolute Gasteiger partial charge is 0.478 e. The molecule has 32 heavy (non-hydrogen) atoms. The highest BCUT2D eigenvalue weighted by Gasteiger charge is 2.38. The van der Waals surface area contributed by atoms with Gasteiger partial charge < -0.3 is 25.0 Å². The van der Waals surface area contributed by atoms with E-state index in [1.54, 1.807) is 6.07 Å². The van der Waals surface area contributed by atoms with Crippen LogP contribution in [0.15, 0.2) is 54.9 Å². The Morgan fingerprint density at radius 1 is 1.16 bits per heavy atom. The molecule has 1 aliphatic heterocycles. The first-order valence-electron chi connectivity index (χ1n) is 9.51. The number of amides is 2. The number of nitrogens with one attached hydrogen (secondary N) is 2. The summed E-state index contributed by atoms with van der Waals surface area (Å²) in [4.78, 5) is 32.7. The maximum atomic E-state index is 13.1. The normalized spacial score (nSPS) is 15.7. The van der Waals surface area contributed by atoms with Crippen LogP contribution in [0.5, 0.6) is 5.75 Å². The molecule has 3 aromatic rings. The van der Waals surface area contributed by atoms with Crippen LogP contribution in [-0.2, 0) is 6.42 Å². The molecule has 1 aromatic heterocycles. The number of para-hydroxylation sites is 1. The Hall–Kier alpha value is -4.02. The van der Waals surface area contributed by atoms with Crippen LogP contribution in [-0.4, -0.2) is 44.9 Å². The number of aromatic carboxylic acids is 1. The fourth-order valence-corrected chi connectivity index (χ4v) is 3.63. The van der Waals surface area contributed by atoms with Crippen molar-refractivity contribution in [3.63, 3.8) is 0 Å². The first kappa shape index (κ1) is 21.2. The van der Waals surface area contributed by atoms with E-state index in [1.165, 1.54) is 53.7 Å². The van der Waals surface area contributed by atoms with Crippen LogP contribution in [0.4, 0.5) is 23.7 Å². The number of ether oxygens (including phenoxy) is 1. The van der Waals surface area contributed by atoms with Crippen LogP contribution in [0.25, 0.3) is 0 Å². The number of carboxylic acid groups (broad SMARTS) is 1. The lowest BCUT2D eigenvalue weighted by Crippen LogP contribution is -2.43. The highest BCUT2D eigenvalue weighted by atomic mass is 19.4. The number of carboxylic acids is 1. The van der Waals surface area contributed by atoms with Crippen molar-refractivity contribution in [2.75, 3.05) is 11.9 Å². The lowest BCUT2D eigenvalue weighted by molar-refractivity contribution is -0.275. The highest BCUT2D eigenvalue weighted by molar-refractivity contribution is 5.92. The molecule has 0 fully saturated rings. The van der Waals surface area contributed by atoms with Crippen LogP contribution in [0.3, 0.4) is 0 Å². The number of imidazole rings is 1. The molecule has 1 atom stereocenters. The molecule has 0 radical (unpaired) electrons. The van der Waals surface area contributed by atoms with Crippen LogP contribution in [0.1, 0.15) is 33.4 Å². The van der Waals surface area contributed by atoms with E-state index in [4.69, 9.17) is 5.11 Å². The summed E-state index contributed by atoms with van der Waals surface area (Å²) >= 11 is 0. The fraction of sp³-hybridized carbons (Fsp3) is 0.190. The van der Waals surface area contributed by atoms with Crippen molar-refractivity contribution in [2.24, 2.45) is 0 Å². The first-order valence-corrected chi connectivity index (χ1v) is 9.51. The van der Waals surface area contributed by atoms with Crippen LogP contribution >= 0.6 is 0 Å². The molecule has 0 bridgehead atoms. The average Bonchev–Trinajstić information content (AvgIpc) is 3.22. The van der Waals surface area contributed by atoms with E-state index < -0.39 is 30.2 Å². The molecule has 0 spiro atoms. The van der Waals surface area contributed by atoms with Crippen molar-refractivity contribution in [3.05, 3.63) is 77.4 Å². The number of carbonyl (C=O) groups excluding carboxylic acids is 1. The van der Waals surface area contributed by atoms with Gasteiger partial charge in [-0.2, -0.15) is 0 Å². The van der Waals surface area contributed by atoms with Gasteiger partial charge >= 0.3 is 18.4 Å². The third-order valence-corrected chi connectivity index (χ3v) is 5.01. The molecule has 0 saturated carbocycles. The lowest BCUT2D eigenvalue weighted by Gasteiger charge is -2.36. The van der Waals surface area contributed by atoms with E-state index in [0.29, 0.717) is 23.5 Å². The monoisotopic (exact) mass is 446 g/mol. The van der Waals surface area contributed by atoms with Crippen molar-refractivity contribution >= 4 is 17.7 Å². The molecular weight excluding hydrogens is 429 g/mol. The SMILES string of the molecule is O=C(O)c1ccc(NC(=O)N2CCc3[nH]cnc3C2c2ccccc2OC(F)(F)F)cc1. The van der Waals surface area contributed by atoms with Gasteiger partial charge in [-0.05, 0) is 30.3 Å². The highest BCUT2D eigenvalue weighted by Crippen LogP contribution is 2.39. The molecule has 2 amide bonds. The number of carbonyl (C=O) groups is 2. The lowest BCUT2D eigenvalue weighted by atomic mass is 9.95. The summed E-state index contributed by atoms with van der Waals surface area (Å²) in [5.41, 5.74) is 1.66. The number of rotatable bonds is 4. The topological polar surface area (TPSA) is 108 Å². The molecular formula is C21H17F3N4O4. The second kappa shape index (κ2) is 8.25. The summed E-state index contributed by atoms with van der Waals surface area (Å²) in [6.07, 6.45) is -3.05. The number of benzene rings is 2. The Morgan fingerprint density at radius 2 is 1.88 bits per heavy atom. The van der Waals surface area contributed by atoms with E-state index in [1.807, 2.05) is 0 Å². The maximum Gasteiger partial charge on any atom is 0.573 e. The Balaban J connectivity index is 1.68. The summed E-state index contributed by atoms with van der Waals surface area (Å²) in [6.45, 7) is 0.208. The van der Waals surface area contributed by atoms with E-state index in [-0.39, 0.29) is 17.7 Å². The molecule has 4 rings (SSSR count). The number of urea groups is 1. The predicted molar refractivity (Wildman–Crippen MR) is 106 cm³/mol. The van der Waals surface area contributed by atoms with Crippen LogP contribution in [0.2, 0.25) is 0 Å². The second-order valence-corrected chi connectivity index (χ2v) is 7.01. The summed E-state index contributed by atoms with van der Waals surface area (Å²) in [5, 5.41) is 11.7. The molecule has 0 saturated heterocycles. The minimum absolute atomic E-state index is 0.0539. The Kier molecular flexibility index (Phi) is 5.47. The van der Waals surface area contributed by atoms with Gasteiger partial charge in [0, 0.05) is 29.9 Å². The minimum atomic E-state index is -4.90. The molecule has 0 aliphatic carbocycles. The second-order valence-electron chi connectivity index (χ2n) is 7.01. The van der Waals surface area contributed by atoms with Crippen molar-refractivity contribution in [3.8, 4) is 5.75 Å². The number of fused-ring (bicyclic) bond motifs is 1. The van der Waals surface area contributed by atoms with E-state index in [2.05, 4.69) is 20.0 Å². The van der Waals surface area contributed by atoms with Gasteiger partial charge in [0.1, 0.15) is 11.8 Å². The van der Waals surface area contributed by atoms with E-state index in [9.17, 15) is 22.8 Å². The van der Waals surface area contributed by atoms with Crippen LogP contribution in [0, 0.1) is 0 Å². The summed E-state index contributed by atoms with van der Waals surface area (Å²) < 4.78 is 43.1. The zero-order valence-corrected chi connectivity index (χ0v) is 16.4. The predicted octanol–water partition coefficient (Wildman–Crippen LogP) is 4.19. The van der Waals surface area contributed by atoms with Crippen LogP contribution < -0.4 is 10.1 Å². The number of aromatic amines is 1. The van der Waals surface area contributed by atoms with Gasteiger partial charge in [-0.3, -0.25) is 0 Å². The molecule has 8 nitrogen and oxygen atoms in total. The molecule has 1 unspecified atom stereocenters. The summed E-state index contributed by atoms with van der Waals surface area (Å²) in [6, 6.07) is 9.64. The van der Waals surface area contributed by atoms with Gasteiger partial charge in [0.25, 0.3) is 0 Å². The molecule has 1 aliphatic rings. The zero-order valence-electron chi connectivity index (χ0n) is 16.4. The van der Waals surface area contributed by atoms with Crippen molar-refractivity contribution in [2.45, 2.75) is 18.8 Å². The third kappa shape index (κ3) is 4.36. The molecule has 2 aromatic carbocycles. The van der Waals surface area contributed by atoms with Gasteiger partial charge in [0.15, 0.2) is 0 Å². The van der Waals surface area contributed by atoms with E-state index >= 15 is 0 Å². The van der Waals surface area contributed by atoms with Crippen molar-refractivity contribution in [1.82, 2.24) is 14.9 Å². The maximum absolute atomic E-state index is 13.1. The standard InChI is InChI=1S/C21H17F3N4O4/c22-21(23,24)32-16-4-2-1-3-14(16)18-17-15(25-11-26-17)9-10-28(18)20(31)27-13-7-5-12(6-8-13)19(29)30/h1-8,11,18H,9-10H2,(H,25,26)(H,27,31)(H,29,30). The number of hydrogen-bond acceptors (Lipinski definition) is 4. The largest absolute Gasteiger partial charge is 0.573 e. The van der Waals surface area contributed by atoms with Gasteiger partial charge in [-0.1, -0.05) is 18.2 Å². The van der Waals surface area contributed by atoms with Gasteiger partial charge in [0.05, 0.1) is 17.6 Å². The number of alkyl halides is 3. The molecule has 3 N–H and O–H groups in total. The summed E-state index contributed by atoms with van der Waals surface area (Å²) in [7, 11) is 0. The molecule has 166 valence electrons. The number of anilines is 1. The quantitative estimate of drug-likeness (QED) is 0.557. The van der Waals surface area contributed by atoms with Crippen molar-refractivity contribution in [1.29, 1.82) is 0 Å². The molecule has 2 heterocycles. The fourth-order valence-electron chi connectivity index (χ4n) is 3.63. The number of nitrogens with zero attached hydrogens (tertiary/aromatic N) is 2. The number of H-pyrrole nitrogens is 1. The first-order chi connectivity index (χ1) is 15.2. The number of hydrogen-bond donors (Lipinski definition) is 3. The Labute approximate surface area is 179 Å². The van der Waals surface area contributed by atoms with E-state index in [0.717, 1.165) is 0 Å². The average molecular weight is 446 g/mol. The number of aromatic nitrogens is 2. The minimum Gasteiger partial charge on any atom is -0.478 e. The number of halogens is 3. The van der Waals surface area contributed by atoms with Gasteiger partial charge in [-0.15, -0.1) is 13.2 Å². The summed E-state index contributed by atoms with van der Waals surface area (Å²) in [5.74, 6) is -1.53. The van der Waals surface area contributed by atoms with Crippen molar-refractivity contribution < 1.29 is 32.6 Å². The third-order valence-electron chi connectivity index (χ3n) is 5.01. The Morgan fingerprint density at radius 3 is 2.56 bits per heavy atom. The Bertz CT molecular complexity index is 1140.